The van der Waals surface area contributed by atoms with E-state index in [9.17, 15) is 0 Å². The van der Waals surface area contributed by atoms with Gasteiger partial charge in [-0.15, -0.1) is 24.0 Å². The van der Waals surface area contributed by atoms with Crippen LogP contribution in [0.15, 0.2) is 47.7 Å². The number of rotatable bonds is 7. The van der Waals surface area contributed by atoms with Crippen LogP contribution in [0.25, 0.3) is 0 Å². The van der Waals surface area contributed by atoms with E-state index in [1.54, 1.807) is 12.4 Å². The zero-order valence-electron chi connectivity index (χ0n) is 17.3. The summed E-state index contributed by atoms with van der Waals surface area (Å²) >= 11 is 0. The Bertz CT molecular complexity index is 733. The summed E-state index contributed by atoms with van der Waals surface area (Å²) in [7, 11) is 0. The Labute approximate surface area is 190 Å². The molecule has 1 fully saturated rings. The van der Waals surface area contributed by atoms with E-state index < -0.39 is 0 Å². The molecule has 0 saturated carbocycles. The Balaban J connectivity index is 0.00000300. The highest BCUT2D eigenvalue weighted by Crippen LogP contribution is 2.11. The van der Waals surface area contributed by atoms with Crippen molar-refractivity contribution in [3.8, 4) is 0 Å². The smallest absolute Gasteiger partial charge is 0.225 e. The summed E-state index contributed by atoms with van der Waals surface area (Å²) in [5, 5.41) is 3.42. The molecule has 1 aliphatic rings. The molecule has 1 aromatic carbocycles. The molecule has 3 rings (SSSR count). The molecule has 0 amide bonds. The fourth-order valence-corrected chi connectivity index (χ4v) is 3.13. The normalized spacial score (nSPS) is 14.5. The van der Waals surface area contributed by atoms with E-state index in [0.29, 0.717) is 13.2 Å². The van der Waals surface area contributed by atoms with Crippen molar-refractivity contribution in [1.29, 1.82) is 0 Å². The quantitative estimate of drug-likeness (QED) is 0.351. The maximum atomic E-state index is 5.45. The molecule has 158 valence electrons. The third-order valence-electron chi connectivity index (χ3n) is 4.66. The van der Waals surface area contributed by atoms with Crippen molar-refractivity contribution in [1.82, 2.24) is 20.2 Å². The number of guanidine groups is 1. The fraction of sp³-hybridized carbons (Fsp3) is 0.476. The third kappa shape index (κ3) is 7.11. The molecule has 2 heterocycles. The van der Waals surface area contributed by atoms with E-state index in [1.165, 1.54) is 11.1 Å². The number of anilines is 1. The summed E-state index contributed by atoms with van der Waals surface area (Å²) in [6, 6.07) is 10.3. The number of aliphatic imine (C=N–C) groups is 1. The standard InChI is InChI=1S/C21H30N6O.HI/c1-3-22-20(25-16-18-6-8-19(9-7-18)17-28-4-2)26-12-14-27(15-13-26)21-23-10-5-11-24-21;/h5-11H,3-4,12-17H2,1-2H3,(H,22,25);1H. The predicted molar refractivity (Wildman–Crippen MR) is 128 cm³/mol. The number of nitrogens with zero attached hydrogens (tertiary/aromatic N) is 5. The van der Waals surface area contributed by atoms with Crippen LogP contribution >= 0.6 is 24.0 Å². The van der Waals surface area contributed by atoms with Crippen molar-refractivity contribution >= 4 is 35.9 Å². The van der Waals surface area contributed by atoms with Gasteiger partial charge in [0.1, 0.15) is 0 Å². The highest BCUT2D eigenvalue weighted by atomic mass is 127. The van der Waals surface area contributed by atoms with Crippen molar-refractivity contribution in [3.63, 3.8) is 0 Å². The molecule has 7 nitrogen and oxygen atoms in total. The lowest BCUT2D eigenvalue weighted by Crippen LogP contribution is -2.52. The second-order valence-corrected chi connectivity index (χ2v) is 6.65. The molecular weight excluding hydrogens is 479 g/mol. The Morgan fingerprint density at radius 2 is 1.69 bits per heavy atom. The molecule has 0 atom stereocenters. The van der Waals surface area contributed by atoms with Gasteiger partial charge >= 0.3 is 0 Å². The van der Waals surface area contributed by atoms with E-state index in [1.807, 2.05) is 13.0 Å². The molecule has 1 saturated heterocycles. The first-order chi connectivity index (χ1) is 13.8. The Morgan fingerprint density at radius 3 is 2.31 bits per heavy atom. The SMILES string of the molecule is CCNC(=NCc1ccc(COCC)cc1)N1CCN(c2ncccn2)CC1.I. The van der Waals surface area contributed by atoms with Crippen LogP contribution in [-0.4, -0.2) is 60.2 Å². The molecule has 1 aliphatic heterocycles. The third-order valence-corrected chi connectivity index (χ3v) is 4.66. The number of aromatic nitrogens is 2. The molecule has 8 heteroatoms. The minimum atomic E-state index is 0. The van der Waals surface area contributed by atoms with Gasteiger partial charge in [-0.25, -0.2) is 15.0 Å². The van der Waals surface area contributed by atoms with E-state index in [0.717, 1.165) is 51.2 Å². The monoisotopic (exact) mass is 510 g/mol. The number of nitrogens with one attached hydrogen (secondary N) is 1. The van der Waals surface area contributed by atoms with Gasteiger partial charge < -0.3 is 19.9 Å². The van der Waals surface area contributed by atoms with Crippen molar-refractivity contribution in [2.75, 3.05) is 44.2 Å². The van der Waals surface area contributed by atoms with E-state index in [-0.39, 0.29) is 24.0 Å². The lowest BCUT2D eigenvalue weighted by Gasteiger charge is -2.36. The van der Waals surface area contributed by atoms with Crippen molar-refractivity contribution in [2.24, 2.45) is 4.99 Å². The maximum Gasteiger partial charge on any atom is 0.225 e. The summed E-state index contributed by atoms with van der Waals surface area (Å²) in [5.74, 6) is 1.77. The molecule has 1 aromatic heterocycles. The average Bonchev–Trinajstić information content (AvgIpc) is 2.77. The first-order valence-corrected chi connectivity index (χ1v) is 10.0. The number of halogens is 1. The highest BCUT2D eigenvalue weighted by Gasteiger charge is 2.20. The van der Waals surface area contributed by atoms with Gasteiger partial charge in [-0.1, -0.05) is 24.3 Å². The van der Waals surface area contributed by atoms with Crippen molar-refractivity contribution in [3.05, 3.63) is 53.9 Å². The highest BCUT2D eigenvalue weighted by molar-refractivity contribution is 14.0. The van der Waals surface area contributed by atoms with Crippen LogP contribution in [0.3, 0.4) is 0 Å². The van der Waals surface area contributed by atoms with Gasteiger partial charge in [-0.2, -0.15) is 0 Å². The topological polar surface area (TPSA) is 65.9 Å². The molecule has 0 unspecified atom stereocenters. The van der Waals surface area contributed by atoms with Crippen LogP contribution < -0.4 is 10.2 Å². The van der Waals surface area contributed by atoms with Crippen LogP contribution in [0, 0.1) is 0 Å². The van der Waals surface area contributed by atoms with Crippen LogP contribution in [0.1, 0.15) is 25.0 Å². The van der Waals surface area contributed by atoms with Gasteiger partial charge in [-0.05, 0) is 31.0 Å². The summed E-state index contributed by atoms with van der Waals surface area (Å²) < 4.78 is 5.45. The van der Waals surface area contributed by atoms with Gasteiger partial charge in [0.15, 0.2) is 5.96 Å². The molecule has 0 bridgehead atoms. The average molecular weight is 510 g/mol. The minimum Gasteiger partial charge on any atom is -0.377 e. The van der Waals surface area contributed by atoms with E-state index in [2.05, 4.69) is 56.3 Å². The van der Waals surface area contributed by atoms with Crippen LogP contribution in [0.4, 0.5) is 5.95 Å². The molecule has 2 aromatic rings. The first-order valence-electron chi connectivity index (χ1n) is 10.0. The zero-order chi connectivity index (χ0) is 19.6. The fourth-order valence-electron chi connectivity index (χ4n) is 3.13. The van der Waals surface area contributed by atoms with Gasteiger partial charge in [0.25, 0.3) is 0 Å². The van der Waals surface area contributed by atoms with Crippen LogP contribution in [-0.2, 0) is 17.9 Å². The van der Waals surface area contributed by atoms with E-state index in [4.69, 9.17) is 9.73 Å². The van der Waals surface area contributed by atoms with Crippen molar-refractivity contribution in [2.45, 2.75) is 27.0 Å². The summed E-state index contributed by atoms with van der Waals surface area (Å²) in [5.41, 5.74) is 2.40. The van der Waals surface area contributed by atoms with Gasteiger partial charge in [0, 0.05) is 51.7 Å². The number of hydrogen-bond acceptors (Lipinski definition) is 5. The Hall–Kier alpha value is -1.94. The predicted octanol–water partition coefficient (Wildman–Crippen LogP) is 2.92. The molecule has 0 aliphatic carbocycles. The first kappa shape index (κ1) is 23.3. The lowest BCUT2D eigenvalue weighted by atomic mass is 10.1. The Kier molecular flexibility index (Phi) is 10.1. The molecule has 29 heavy (non-hydrogen) atoms. The molecule has 0 spiro atoms. The van der Waals surface area contributed by atoms with Gasteiger partial charge in [-0.3, -0.25) is 0 Å². The minimum absolute atomic E-state index is 0. The van der Waals surface area contributed by atoms with Crippen LogP contribution in [0.2, 0.25) is 0 Å². The van der Waals surface area contributed by atoms with E-state index >= 15 is 0 Å². The largest absolute Gasteiger partial charge is 0.377 e. The van der Waals surface area contributed by atoms with Gasteiger partial charge in [0.2, 0.25) is 5.95 Å². The number of piperazine rings is 1. The van der Waals surface area contributed by atoms with Crippen LogP contribution in [0.5, 0.6) is 0 Å². The zero-order valence-corrected chi connectivity index (χ0v) is 19.6. The summed E-state index contributed by atoms with van der Waals surface area (Å²) in [6.45, 7) is 10.6. The summed E-state index contributed by atoms with van der Waals surface area (Å²) in [4.78, 5) is 18.1. The molecule has 0 radical (unpaired) electrons. The number of benzene rings is 1. The Morgan fingerprint density at radius 1 is 1.03 bits per heavy atom. The second-order valence-electron chi connectivity index (χ2n) is 6.65. The number of hydrogen-bond donors (Lipinski definition) is 1. The molecular formula is C21H31IN6O. The maximum absolute atomic E-state index is 5.45. The summed E-state index contributed by atoms with van der Waals surface area (Å²) in [6.07, 6.45) is 3.58. The number of ether oxygens (including phenoxy) is 1. The lowest BCUT2D eigenvalue weighted by molar-refractivity contribution is 0.134. The van der Waals surface area contributed by atoms with Crippen molar-refractivity contribution < 1.29 is 4.74 Å². The molecule has 1 N–H and O–H groups in total. The van der Waals surface area contributed by atoms with Gasteiger partial charge in [0.05, 0.1) is 13.2 Å². The second kappa shape index (κ2) is 12.6.